The molecule has 4 heteroatoms. The Balaban J connectivity index is 1.60. The summed E-state index contributed by atoms with van der Waals surface area (Å²) in [7, 11) is 0. The average molecular weight is 314 g/mol. The smallest absolute Gasteiger partial charge is 0.0698 e. The van der Waals surface area contributed by atoms with Gasteiger partial charge in [0.1, 0.15) is 0 Å². The van der Waals surface area contributed by atoms with Gasteiger partial charge in [-0.1, -0.05) is 28.1 Å². The van der Waals surface area contributed by atoms with Gasteiger partial charge in [-0.2, -0.15) is 0 Å². The summed E-state index contributed by atoms with van der Waals surface area (Å²) >= 11 is 3.46. The summed E-state index contributed by atoms with van der Waals surface area (Å²) in [6, 6.07) is 9.25. The zero-order valence-electron chi connectivity index (χ0n) is 10.4. The largest absolute Gasteiger partial charge is 0.394 e. The van der Waals surface area contributed by atoms with Gasteiger partial charge in [-0.05, 0) is 36.5 Å². The SMILES string of the molecule is OCCOCCNC1CC(c2ccc(Br)cc2)C1. The standard InChI is InChI=1S/C14H20BrNO2/c15-13-3-1-11(2-4-13)12-9-14(10-12)16-5-7-18-8-6-17/h1-4,12,14,16-17H,5-10H2. The fourth-order valence-corrected chi connectivity index (χ4v) is 2.56. The highest BCUT2D eigenvalue weighted by Gasteiger charge is 2.29. The van der Waals surface area contributed by atoms with Crippen LogP contribution in [-0.2, 0) is 4.74 Å². The summed E-state index contributed by atoms with van der Waals surface area (Å²) in [4.78, 5) is 0. The molecule has 0 atom stereocenters. The predicted molar refractivity (Wildman–Crippen MR) is 75.8 cm³/mol. The number of hydrogen-bond donors (Lipinski definition) is 2. The van der Waals surface area contributed by atoms with Crippen LogP contribution >= 0.6 is 15.9 Å². The van der Waals surface area contributed by atoms with Crippen molar-refractivity contribution in [1.29, 1.82) is 0 Å². The Morgan fingerprint density at radius 1 is 1.22 bits per heavy atom. The molecule has 0 spiro atoms. The second kappa shape index (κ2) is 7.24. The Kier molecular flexibility index (Phi) is 5.63. The third kappa shape index (κ3) is 4.05. The molecule has 1 saturated carbocycles. The van der Waals surface area contributed by atoms with Gasteiger partial charge in [-0.25, -0.2) is 0 Å². The van der Waals surface area contributed by atoms with Crippen molar-refractivity contribution in [2.45, 2.75) is 24.8 Å². The van der Waals surface area contributed by atoms with E-state index in [2.05, 4.69) is 45.5 Å². The third-order valence-corrected chi connectivity index (χ3v) is 3.92. The van der Waals surface area contributed by atoms with Crippen LogP contribution in [0.25, 0.3) is 0 Å². The molecule has 1 fully saturated rings. The number of aliphatic hydroxyl groups excluding tert-OH is 1. The van der Waals surface area contributed by atoms with E-state index in [9.17, 15) is 0 Å². The van der Waals surface area contributed by atoms with Gasteiger partial charge in [-0.15, -0.1) is 0 Å². The van der Waals surface area contributed by atoms with Crippen LogP contribution in [0.1, 0.15) is 24.3 Å². The summed E-state index contributed by atoms with van der Waals surface area (Å²) in [5.41, 5.74) is 1.44. The first-order valence-electron chi connectivity index (χ1n) is 6.47. The highest BCUT2D eigenvalue weighted by molar-refractivity contribution is 9.10. The molecule has 0 amide bonds. The molecular weight excluding hydrogens is 294 g/mol. The summed E-state index contributed by atoms with van der Waals surface area (Å²) in [5.74, 6) is 0.703. The maximum absolute atomic E-state index is 8.56. The van der Waals surface area contributed by atoms with E-state index in [1.54, 1.807) is 0 Å². The number of hydrogen-bond acceptors (Lipinski definition) is 3. The lowest BCUT2D eigenvalue weighted by molar-refractivity contribution is 0.0901. The predicted octanol–water partition coefficient (Wildman–Crippen LogP) is 2.29. The number of aliphatic hydroxyl groups is 1. The molecule has 1 aromatic rings. The molecule has 1 aliphatic carbocycles. The Labute approximate surface area is 117 Å². The van der Waals surface area contributed by atoms with Gasteiger partial charge in [0.2, 0.25) is 0 Å². The maximum atomic E-state index is 8.56. The molecule has 3 nitrogen and oxygen atoms in total. The van der Waals surface area contributed by atoms with Crippen LogP contribution in [0.3, 0.4) is 0 Å². The number of nitrogens with one attached hydrogen (secondary N) is 1. The second-order valence-corrected chi connectivity index (χ2v) is 5.62. The second-order valence-electron chi connectivity index (χ2n) is 4.71. The minimum absolute atomic E-state index is 0.106. The molecule has 18 heavy (non-hydrogen) atoms. The Morgan fingerprint density at radius 3 is 2.61 bits per heavy atom. The Morgan fingerprint density at radius 2 is 1.94 bits per heavy atom. The molecule has 0 saturated heterocycles. The molecule has 0 heterocycles. The molecule has 1 aromatic carbocycles. The fraction of sp³-hybridized carbons (Fsp3) is 0.571. The fourth-order valence-electron chi connectivity index (χ4n) is 2.29. The van der Waals surface area contributed by atoms with Crippen molar-refractivity contribution in [2.24, 2.45) is 0 Å². The van der Waals surface area contributed by atoms with Crippen molar-refractivity contribution < 1.29 is 9.84 Å². The van der Waals surface area contributed by atoms with E-state index in [4.69, 9.17) is 9.84 Å². The molecule has 0 radical (unpaired) electrons. The minimum atomic E-state index is 0.106. The van der Waals surface area contributed by atoms with E-state index >= 15 is 0 Å². The van der Waals surface area contributed by atoms with Crippen molar-refractivity contribution >= 4 is 15.9 Å². The van der Waals surface area contributed by atoms with E-state index in [1.165, 1.54) is 18.4 Å². The first kappa shape index (κ1) is 14.0. The van der Waals surface area contributed by atoms with Crippen molar-refractivity contribution in [3.05, 3.63) is 34.3 Å². The van der Waals surface area contributed by atoms with Crippen LogP contribution < -0.4 is 5.32 Å². The molecule has 0 aromatic heterocycles. The zero-order valence-corrected chi connectivity index (χ0v) is 12.0. The maximum Gasteiger partial charge on any atom is 0.0698 e. The summed E-state index contributed by atoms with van der Waals surface area (Å²) in [6.07, 6.45) is 2.42. The van der Waals surface area contributed by atoms with Crippen molar-refractivity contribution in [3.63, 3.8) is 0 Å². The van der Waals surface area contributed by atoms with Gasteiger partial charge < -0.3 is 15.2 Å². The van der Waals surface area contributed by atoms with Gasteiger partial charge in [0.05, 0.1) is 19.8 Å². The first-order chi connectivity index (χ1) is 8.79. The summed E-state index contributed by atoms with van der Waals surface area (Å²) < 4.78 is 6.35. The molecule has 0 unspecified atom stereocenters. The molecule has 2 N–H and O–H groups in total. The minimum Gasteiger partial charge on any atom is -0.394 e. The Bertz CT molecular complexity index is 349. The summed E-state index contributed by atoms with van der Waals surface area (Å²) in [6.45, 7) is 2.10. The molecule has 1 aliphatic rings. The molecular formula is C14H20BrNO2. The molecule has 0 bridgehead atoms. The van der Waals surface area contributed by atoms with Gasteiger partial charge >= 0.3 is 0 Å². The lowest BCUT2D eigenvalue weighted by Gasteiger charge is -2.36. The van der Waals surface area contributed by atoms with Crippen LogP contribution in [0.5, 0.6) is 0 Å². The number of rotatable bonds is 7. The van der Waals surface area contributed by atoms with Crippen LogP contribution in [0.4, 0.5) is 0 Å². The van der Waals surface area contributed by atoms with Crippen molar-refractivity contribution in [1.82, 2.24) is 5.32 Å². The van der Waals surface area contributed by atoms with Gasteiger partial charge in [0, 0.05) is 17.1 Å². The lowest BCUT2D eigenvalue weighted by atomic mass is 9.76. The topological polar surface area (TPSA) is 41.5 Å². The van der Waals surface area contributed by atoms with Crippen LogP contribution in [0.2, 0.25) is 0 Å². The van der Waals surface area contributed by atoms with Crippen LogP contribution in [0.15, 0.2) is 28.7 Å². The highest BCUT2D eigenvalue weighted by Crippen LogP contribution is 2.37. The Hall–Kier alpha value is -0.420. The number of halogens is 1. The van der Waals surface area contributed by atoms with Gasteiger partial charge in [0.15, 0.2) is 0 Å². The monoisotopic (exact) mass is 313 g/mol. The van der Waals surface area contributed by atoms with E-state index in [0.717, 1.165) is 11.0 Å². The van der Waals surface area contributed by atoms with E-state index in [0.29, 0.717) is 25.2 Å². The lowest BCUT2D eigenvalue weighted by Crippen LogP contribution is -2.41. The molecule has 100 valence electrons. The normalized spacial score (nSPS) is 22.8. The van der Waals surface area contributed by atoms with E-state index in [1.807, 2.05) is 0 Å². The molecule has 2 rings (SSSR count). The zero-order chi connectivity index (χ0) is 12.8. The summed E-state index contributed by atoms with van der Waals surface area (Å²) in [5, 5.41) is 12.0. The molecule has 0 aliphatic heterocycles. The van der Waals surface area contributed by atoms with Crippen molar-refractivity contribution in [2.75, 3.05) is 26.4 Å². The number of benzene rings is 1. The van der Waals surface area contributed by atoms with E-state index in [-0.39, 0.29) is 6.61 Å². The first-order valence-corrected chi connectivity index (χ1v) is 7.26. The quantitative estimate of drug-likeness (QED) is 0.759. The van der Waals surface area contributed by atoms with Crippen LogP contribution in [-0.4, -0.2) is 37.5 Å². The third-order valence-electron chi connectivity index (χ3n) is 3.39. The van der Waals surface area contributed by atoms with Crippen LogP contribution in [0, 0.1) is 0 Å². The highest BCUT2D eigenvalue weighted by atomic mass is 79.9. The van der Waals surface area contributed by atoms with Crippen molar-refractivity contribution in [3.8, 4) is 0 Å². The number of ether oxygens (including phenoxy) is 1. The van der Waals surface area contributed by atoms with Gasteiger partial charge in [0.25, 0.3) is 0 Å². The van der Waals surface area contributed by atoms with E-state index < -0.39 is 0 Å². The average Bonchev–Trinajstić information content (AvgIpc) is 2.33. The van der Waals surface area contributed by atoms with Gasteiger partial charge in [-0.3, -0.25) is 0 Å².